The molecule has 0 aliphatic carbocycles. The van der Waals surface area contributed by atoms with Crippen molar-refractivity contribution in [2.45, 2.75) is 4.90 Å². The third kappa shape index (κ3) is 3.65. The SMILES string of the molecule is N#Cc1cccc(OCCS(=O)c2ccccc2F)c1. The highest BCUT2D eigenvalue weighted by atomic mass is 32.2. The van der Waals surface area contributed by atoms with Crippen molar-refractivity contribution in [3.63, 3.8) is 0 Å². The molecule has 0 saturated heterocycles. The number of hydrogen-bond donors (Lipinski definition) is 0. The first-order chi connectivity index (χ1) is 9.70. The average Bonchev–Trinajstić information content (AvgIpc) is 2.48. The van der Waals surface area contributed by atoms with E-state index >= 15 is 0 Å². The van der Waals surface area contributed by atoms with Crippen LogP contribution in [0.25, 0.3) is 0 Å². The van der Waals surface area contributed by atoms with Gasteiger partial charge >= 0.3 is 0 Å². The summed E-state index contributed by atoms with van der Waals surface area (Å²) in [7, 11) is -1.44. The van der Waals surface area contributed by atoms with Gasteiger partial charge in [0.15, 0.2) is 0 Å². The smallest absolute Gasteiger partial charge is 0.139 e. The molecule has 2 rings (SSSR count). The molecule has 2 aromatic rings. The second kappa shape index (κ2) is 6.83. The standard InChI is InChI=1S/C15H12FNO2S/c16-14-6-1-2-7-15(14)20(18)9-8-19-13-5-3-4-12(10-13)11-17/h1-7,10H,8-9H2. The van der Waals surface area contributed by atoms with Gasteiger partial charge in [0.25, 0.3) is 0 Å². The molecule has 0 heterocycles. The Morgan fingerprint density at radius 3 is 2.75 bits per heavy atom. The van der Waals surface area contributed by atoms with Gasteiger partial charge in [0, 0.05) is 0 Å². The van der Waals surface area contributed by atoms with Crippen molar-refractivity contribution in [3.8, 4) is 11.8 Å². The fourth-order valence-electron chi connectivity index (χ4n) is 1.63. The van der Waals surface area contributed by atoms with E-state index < -0.39 is 16.6 Å². The zero-order chi connectivity index (χ0) is 14.4. The Morgan fingerprint density at radius 1 is 1.20 bits per heavy atom. The number of rotatable bonds is 5. The minimum atomic E-state index is -1.44. The highest BCUT2D eigenvalue weighted by Crippen LogP contribution is 2.14. The molecule has 0 aliphatic rings. The molecule has 0 fully saturated rings. The lowest BCUT2D eigenvalue weighted by Crippen LogP contribution is -2.09. The van der Waals surface area contributed by atoms with E-state index in [0.29, 0.717) is 11.3 Å². The van der Waals surface area contributed by atoms with Crippen LogP contribution in [-0.2, 0) is 10.8 Å². The van der Waals surface area contributed by atoms with Crippen LogP contribution in [0, 0.1) is 17.1 Å². The van der Waals surface area contributed by atoms with Gasteiger partial charge in [-0.05, 0) is 30.3 Å². The topological polar surface area (TPSA) is 50.1 Å². The van der Waals surface area contributed by atoms with Crippen molar-refractivity contribution in [1.82, 2.24) is 0 Å². The summed E-state index contributed by atoms with van der Waals surface area (Å²) < 4.78 is 30.8. The quantitative estimate of drug-likeness (QED) is 0.850. The van der Waals surface area contributed by atoms with Crippen molar-refractivity contribution in [1.29, 1.82) is 5.26 Å². The van der Waals surface area contributed by atoms with E-state index in [1.807, 2.05) is 6.07 Å². The van der Waals surface area contributed by atoms with Crippen LogP contribution in [0.3, 0.4) is 0 Å². The fraction of sp³-hybridized carbons (Fsp3) is 0.133. The Kier molecular flexibility index (Phi) is 4.85. The molecule has 0 bridgehead atoms. The Morgan fingerprint density at radius 2 is 2.00 bits per heavy atom. The summed E-state index contributed by atoms with van der Waals surface area (Å²) in [6.45, 7) is 0.190. The minimum absolute atomic E-state index is 0.182. The molecule has 2 aromatic carbocycles. The van der Waals surface area contributed by atoms with Crippen LogP contribution in [0.15, 0.2) is 53.4 Å². The molecule has 3 nitrogen and oxygen atoms in total. The van der Waals surface area contributed by atoms with Crippen molar-refractivity contribution in [2.75, 3.05) is 12.4 Å². The predicted octanol–water partition coefficient (Wildman–Crippen LogP) is 2.88. The molecule has 5 heteroatoms. The zero-order valence-electron chi connectivity index (χ0n) is 10.6. The molecule has 0 aromatic heterocycles. The van der Waals surface area contributed by atoms with Gasteiger partial charge in [-0.1, -0.05) is 18.2 Å². The Bertz CT molecular complexity index is 667. The maximum Gasteiger partial charge on any atom is 0.139 e. The summed E-state index contributed by atoms with van der Waals surface area (Å²) in [5.41, 5.74) is 0.498. The molecule has 0 saturated carbocycles. The number of halogens is 1. The van der Waals surface area contributed by atoms with Crippen LogP contribution >= 0.6 is 0 Å². The van der Waals surface area contributed by atoms with Gasteiger partial charge in [-0.2, -0.15) is 5.26 Å². The molecule has 0 amide bonds. The van der Waals surface area contributed by atoms with E-state index in [1.165, 1.54) is 12.1 Å². The van der Waals surface area contributed by atoms with Crippen LogP contribution in [-0.4, -0.2) is 16.6 Å². The van der Waals surface area contributed by atoms with Gasteiger partial charge in [0.2, 0.25) is 0 Å². The Hall–Kier alpha value is -2.19. The van der Waals surface area contributed by atoms with Gasteiger partial charge in [0.1, 0.15) is 18.2 Å². The van der Waals surface area contributed by atoms with Crippen molar-refractivity contribution >= 4 is 10.8 Å². The second-order valence-electron chi connectivity index (χ2n) is 3.97. The van der Waals surface area contributed by atoms with Gasteiger partial charge in [-0.25, -0.2) is 4.39 Å². The monoisotopic (exact) mass is 289 g/mol. The van der Waals surface area contributed by atoms with Gasteiger partial charge < -0.3 is 4.74 Å². The largest absolute Gasteiger partial charge is 0.493 e. The van der Waals surface area contributed by atoms with Gasteiger partial charge in [0.05, 0.1) is 33.1 Å². The number of ether oxygens (including phenoxy) is 1. The van der Waals surface area contributed by atoms with E-state index in [2.05, 4.69) is 0 Å². The van der Waals surface area contributed by atoms with Crippen molar-refractivity contribution in [2.24, 2.45) is 0 Å². The van der Waals surface area contributed by atoms with E-state index in [4.69, 9.17) is 10.00 Å². The predicted molar refractivity (Wildman–Crippen MR) is 74.3 cm³/mol. The molecule has 20 heavy (non-hydrogen) atoms. The van der Waals surface area contributed by atoms with Crippen LogP contribution in [0.1, 0.15) is 5.56 Å². The van der Waals surface area contributed by atoms with Gasteiger partial charge in [-0.3, -0.25) is 4.21 Å². The molecule has 0 radical (unpaired) electrons. The van der Waals surface area contributed by atoms with Crippen LogP contribution in [0.4, 0.5) is 4.39 Å². The van der Waals surface area contributed by atoms with E-state index in [1.54, 1.807) is 36.4 Å². The average molecular weight is 289 g/mol. The molecular weight excluding hydrogens is 277 g/mol. The van der Waals surface area contributed by atoms with Gasteiger partial charge in [-0.15, -0.1) is 0 Å². The first-order valence-electron chi connectivity index (χ1n) is 5.96. The molecule has 1 atom stereocenters. The Balaban J connectivity index is 1.92. The first-order valence-corrected chi connectivity index (χ1v) is 7.28. The molecule has 0 spiro atoms. The highest BCUT2D eigenvalue weighted by Gasteiger charge is 2.09. The highest BCUT2D eigenvalue weighted by molar-refractivity contribution is 7.85. The summed E-state index contributed by atoms with van der Waals surface area (Å²) >= 11 is 0. The molecule has 0 aliphatic heterocycles. The molecule has 0 N–H and O–H groups in total. The third-order valence-electron chi connectivity index (χ3n) is 2.58. The summed E-state index contributed by atoms with van der Waals surface area (Å²) in [6.07, 6.45) is 0. The number of nitriles is 1. The number of benzene rings is 2. The molecule has 1 unspecified atom stereocenters. The first kappa shape index (κ1) is 14.2. The lowest BCUT2D eigenvalue weighted by atomic mass is 10.2. The molecule has 102 valence electrons. The maximum atomic E-state index is 13.4. The minimum Gasteiger partial charge on any atom is -0.493 e. The summed E-state index contributed by atoms with van der Waals surface area (Å²) in [6, 6.07) is 14.7. The van der Waals surface area contributed by atoms with E-state index in [-0.39, 0.29) is 17.3 Å². The summed E-state index contributed by atoms with van der Waals surface area (Å²) in [4.78, 5) is 0.182. The normalized spacial score (nSPS) is 11.6. The van der Waals surface area contributed by atoms with Crippen LogP contribution < -0.4 is 4.74 Å². The van der Waals surface area contributed by atoms with E-state index in [9.17, 15) is 8.60 Å². The molecular formula is C15H12FNO2S. The lowest BCUT2D eigenvalue weighted by molar-refractivity contribution is 0.342. The maximum absolute atomic E-state index is 13.4. The van der Waals surface area contributed by atoms with Crippen LogP contribution in [0.5, 0.6) is 5.75 Å². The zero-order valence-corrected chi connectivity index (χ0v) is 11.4. The fourth-order valence-corrected chi connectivity index (χ4v) is 2.60. The van der Waals surface area contributed by atoms with Crippen molar-refractivity contribution in [3.05, 3.63) is 59.9 Å². The second-order valence-corrected chi connectivity index (χ2v) is 5.51. The van der Waals surface area contributed by atoms with Crippen molar-refractivity contribution < 1.29 is 13.3 Å². The number of nitrogens with zero attached hydrogens (tertiary/aromatic N) is 1. The van der Waals surface area contributed by atoms with Crippen LogP contribution in [0.2, 0.25) is 0 Å². The lowest BCUT2D eigenvalue weighted by Gasteiger charge is -2.07. The Labute approximate surface area is 119 Å². The third-order valence-corrected chi connectivity index (χ3v) is 3.94. The van der Waals surface area contributed by atoms with E-state index in [0.717, 1.165) is 0 Å². The number of hydrogen-bond acceptors (Lipinski definition) is 3. The summed E-state index contributed by atoms with van der Waals surface area (Å²) in [5.74, 6) is 0.254. The summed E-state index contributed by atoms with van der Waals surface area (Å²) in [5, 5.41) is 8.76.